The summed E-state index contributed by atoms with van der Waals surface area (Å²) in [6.07, 6.45) is -0.332. The van der Waals surface area contributed by atoms with Crippen molar-refractivity contribution in [3.63, 3.8) is 0 Å². The maximum Gasteiger partial charge on any atom is 0.324 e. The molecule has 0 bridgehead atoms. The number of sulfonamides is 1. The summed E-state index contributed by atoms with van der Waals surface area (Å²) >= 11 is 0. The zero-order valence-electron chi connectivity index (χ0n) is 25.3. The monoisotopic (exact) mass is 652 g/mol. The van der Waals surface area contributed by atoms with Crippen LogP contribution in [0.3, 0.4) is 0 Å². The van der Waals surface area contributed by atoms with Gasteiger partial charge in [-0.15, -0.1) is 0 Å². The number of anilines is 3. The molecule has 16 nitrogen and oxygen atoms in total. The summed E-state index contributed by atoms with van der Waals surface area (Å²) in [5.41, 5.74) is 1.13. The fourth-order valence-corrected chi connectivity index (χ4v) is 6.40. The zero-order chi connectivity index (χ0) is 32.6. The van der Waals surface area contributed by atoms with E-state index in [1.54, 1.807) is 48.7 Å². The van der Waals surface area contributed by atoms with E-state index in [-0.39, 0.29) is 27.8 Å². The minimum atomic E-state index is -3.96. The molecule has 4 atom stereocenters. The van der Waals surface area contributed by atoms with Gasteiger partial charge in [0.1, 0.15) is 24.3 Å². The van der Waals surface area contributed by atoms with Crippen molar-refractivity contribution in [2.75, 3.05) is 29.0 Å². The first kappa shape index (κ1) is 31.2. The molecular weight excluding hydrogens is 620 g/mol. The predicted molar refractivity (Wildman–Crippen MR) is 165 cm³/mol. The molecule has 0 spiro atoms. The first-order chi connectivity index (χ1) is 22.0. The van der Waals surface area contributed by atoms with E-state index in [1.165, 1.54) is 38.0 Å². The smallest absolute Gasteiger partial charge is 0.324 e. The highest BCUT2D eigenvalue weighted by molar-refractivity contribution is 7.92. The Balaban J connectivity index is 1.18. The number of fused-ring (bicyclic) bond motifs is 2. The number of methoxy groups -OCH3 is 1. The van der Waals surface area contributed by atoms with Crippen LogP contribution >= 0.6 is 0 Å². The van der Waals surface area contributed by atoms with Crippen LogP contribution < -0.4 is 25.4 Å². The molecule has 0 unspecified atom stereocenters. The van der Waals surface area contributed by atoms with Crippen molar-refractivity contribution < 1.29 is 37.0 Å². The first-order valence-electron chi connectivity index (χ1n) is 14.3. The quantitative estimate of drug-likeness (QED) is 0.207. The molecule has 242 valence electrons. The molecule has 2 saturated heterocycles. The highest BCUT2D eigenvalue weighted by Gasteiger charge is 2.58. The SMILES string of the molecule is CCNC(=O)[C@H]1O[C@@H](n2cnc3c(NC(=O)Nc4cccc(S(=O)(=O)Nc5ccc(OC)cc5)c4)ncnc32)[C@@H]2OC(C)(C)O[C@@H]21. The molecule has 2 aromatic heterocycles. The fraction of sp³-hybridized carbons (Fsp3) is 0.345. The number of rotatable bonds is 9. The number of imidazole rings is 1. The molecule has 0 aliphatic carbocycles. The second kappa shape index (κ2) is 12.2. The lowest BCUT2D eigenvalue weighted by atomic mass is 10.1. The maximum atomic E-state index is 13.0. The molecule has 4 N–H and O–H groups in total. The van der Waals surface area contributed by atoms with E-state index >= 15 is 0 Å². The molecule has 4 heterocycles. The highest BCUT2D eigenvalue weighted by atomic mass is 32.2. The van der Waals surface area contributed by atoms with Crippen molar-refractivity contribution >= 4 is 50.3 Å². The Labute approximate surface area is 263 Å². The number of urea groups is 1. The van der Waals surface area contributed by atoms with Gasteiger partial charge in [0.25, 0.3) is 15.9 Å². The number of likely N-dealkylation sites (N-methyl/N-ethyl adjacent to an activating group) is 1. The van der Waals surface area contributed by atoms with Gasteiger partial charge in [-0.3, -0.25) is 19.4 Å². The van der Waals surface area contributed by atoms with Gasteiger partial charge in [0, 0.05) is 17.9 Å². The fourth-order valence-electron chi connectivity index (χ4n) is 5.30. The van der Waals surface area contributed by atoms with E-state index in [0.717, 1.165) is 0 Å². The van der Waals surface area contributed by atoms with Gasteiger partial charge in [-0.2, -0.15) is 0 Å². The number of nitrogens with one attached hydrogen (secondary N) is 4. The van der Waals surface area contributed by atoms with E-state index in [2.05, 4.69) is 35.6 Å². The van der Waals surface area contributed by atoms with Crippen molar-refractivity contribution in [3.05, 3.63) is 61.2 Å². The van der Waals surface area contributed by atoms with Crippen LogP contribution in [0.5, 0.6) is 5.75 Å². The van der Waals surface area contributed by atoms with Crippen LogP contribution in [0, 0.1) is 0 Å². The lowest BCUT2D eigenvalue weighted by molar-refractivity contribution is -0.197. The first-order valence-corrected chi connectivity index (χ1v) is 15.8. The van der Waals surface area contributed by atoms with E-state index in [9.17, 15) is 18.0 Å². The Morgan fingerprint density at radius 1 is 1.00 bits per heavy atom. The minimum absolute atomic E-state index is 0.0635. The standard InChI is InChI=1S/C29H32N8O8S/c1-5-30-26(38)22-21-23(45-29(2,3)44-21)27(43-22)37-15-33-20-24(31-14-32-25(20)37)35-28(39)34-17-7-6-8-19(13-17)46(40,41)36-16-9-11-18(42-4)12-10-16/h6-15,21-23,27,36H,5H2,1-4H3,(H,30,38)(H2,31,32,34,35,39)/t21-,22+,23-,27-/m1/s1. The van der Waals surface area contributed by atoms with Crippen LogP contribution in [-0.4, -0.2) is 77.6 Å². The van der Waals surface area contributed by atoms with Crippen molar-refractivity contribution in [2.45, 2.75) is 56.0 Å². The number of benzene rings is 2. The largest absolute Gasteiger partial charge is 0.497 e. The minimum Gasteiger partial charge on any atom is -0.497 e. The Kier molecular flexibility index (Phi) is 8.24. The summed E-state index contributed by atoms with van der Waals surface area (Å²) in [6, 6.07) is 11.5. The maximum absolute atomic E-state index is 13.0. The normalized spacial score (nSPS) is 21.8. The van der Waals surface area contributed by atoms with Gasteiger partial charge in [0.15, 0.2) is 35.1 Å². The number of nitrogens with zero attached hydrogens (tertiary/aromatic N) is 4. The average molecular weight is 653 g/mol. The molecule has 2 aliphatic heterocycles. The summed E-state index contributed by atoms with van der Waals surface area (Å²) in [6.45, 7) is 5.75. The molecule has 2 fully saturated rings. The van der Waals surface area contributed by atoms with E-state index in [0.29, 0.717) is 23.6 Å². The van der Waals surface area contributed by atoms with Crippen LogP contribution in [0.2, 0.25) is 0 Å². The van der Waals surface area contributed by atoms with Crippen LogP contribution in [0.4, 0.5) is 22.0 Å². The van der Waals surface area contributed by atoms with Gasteiger partial charge in [0.2, 0.25) is 0 Å². The van der Waals surface area contributed by atoms with Crippen LogP contribution in [-0.2, 0) is 29.0 Å². The third kappa shape index (κ3) is 6.17. The number of amides is 3. The average Bonchev–Trinajstić information content (AvgIpc) is 3.68. The van der Waals surface area contributed by atoms with Crippen LogP contribution in [0.1, 0.15) is 27.0 Å². The van der Waals surface area contributed by atoms with Gasteiger partial charge < -0.3 is 29.6 Å². The molecule has 4 aromatic rings. The van der Waals surface area contributed by atoms with E-state index in [1.807, 2.05) is 6.92 Å². The molecular formula is C29H32N8O8S. The van der Waals surface area contributed by atoms with Gasteiger partial charge in [-0.25, -0.2) is 28.2 Å². The van der Waals surface area contributed by atoms with Gasteiger partial charge in [0.05, 0.1) is 18.3 Å². The van der Waals surface area contributed by atoms with E-state index in [4.69, 9.17) is 18.9 Å². The van der Waals surface area contributed by atoms with Gasteiger partial charge in [-0.05, 0) is 63.2 Å². The second-order valence-corrected chi connectivity index (χ2v) is 12.6. The Morgan fingerprint density at radius 3 is 2.50 bits per heavy atom. The third-order valence-corrected chi connectivity index (χ3v) is 8.63. The molecule has 17 heteroatoms. The van der Waals surface area contributed by atoms with E-state index < -0.39 is 46.4 Å². The van der Waals surface area contributed by atoms with Crippen molar-refractivity contribution in [2.24, 2.45) is 0 Å². The Bertz CT molecular complexity index is 1880. The summed E-state index contributed by atoms with van der Waals surface area (Å²) in [4.78, 5) is 38.6. The number of carbonyl (C=O) groups excluding carboxylic acids is 2. The molecule has 6 rings (SSSR count). The van der Waals surface area contributed by atoms with Gasteiger partial charge >= 0.3 is 6.03 Å². The molecule has 0 radical (unpaired) electrons. The topological polar surface area (TPSA) is 197 Å². The van der Waals surface area contributed by atoms with Gasteiger partial charge in [-0.1, -0.05) is 6.07 Å². The van der Waals surface area contributed by atoms with Crippen LogP contribution in [0.15, 0.2) is 66.1 Å². The Hall–Kier alpha value is -4.84. The summed E-state index contributed by atoms with van der Waals surface area (Å²) in [5.74, 6) is -0.599. The number of carbonyl (C=O) groups is 2. The second-order valence-electron chi connectivity index (χ2n) is 10.9. The molecule has 2 aromatic carbocycles. The number of ether oxygens (including phenoxy) is 4. The summed E-state index contributed by atoms with van der Waals surface area (Å²) in [7, 11) is -2.45. The van der Waals surface area contributed by atoms with Crippen molar-refractivity contribution in [3.8, 4) is 5.75 Å². The molecule has 3 amide bonds. The predicted octanol–water partition coefficient (Wildman–Crippen LogP) is 2.83. The zero-order valence-corrected chi connectivity index (χ0v) is 26.1. The number of hydrogen-bond acceptors (Lipinski definition) is 11. The lowest BCUT2D eigenvalue weighted by Crippen LogP contribution is -2.42. The third-order valence-electron chi connectivity index (χ3n) is 7.25. The van der Waals surface area contributed by atoms with Crippen LogP contribution in [0.25, 0.3) is 11.2 Å². The van der Waals surface area contributed by atoms with Crippen molar-refractivity contribution in [1.29, 1.82) is 0 Å². The molecule has 2 aliphatic rings. The lowest BCUT2D eigenvalue weighted by Gasteiger charge is -2.24. The number of hydrogen-bond donors (Lipinski definition) is 4. The number of aromatic nitrogens is 4. The Morgan fingerprint density at radius 2 is 1.76 bits per heavy atom. The summed E-state index contributed by atoms with van der Waals surface area (Å²) in [5, 5.41) is 8.01. The highest BCUT2D eigenvalue weighted by Crippen LogP contribution is 2.44. The molecule has 0 saturated carbocycles. The summed E-state index contributed by atoms with van der Waals surface area (Å²) < 4.78 is 53.4. The molecule has 46 heavy (non-hydrogen) atoms. The van der Waals surface area contributed by atoms with Crippen molar-refractivity contribution in [1.82, 2.24) is 24.8 Å².